The van der Waals surface area contributed by atoms with Crippen molar-refractivity contribution in [3.8, 4) is 0 Å². The predicted molar refractivity (Wildman–Crippen MR) is 110 cm³/mol. The van der Waals surface area contributed by atoms with Crippen LogP contribution in [0.4, 0.5) is 10.5 Å². The van der Waals surface area contributed by atoms with Crippen molar-refractivity contribution in [1.82, 2.24) is 14.6 Å². The molecule has 0 radical (unpaired) electrons. The molecule has 0 aliphatic rings. The molecule has 2 aromatic rings. The molecule has 0 aromatic carbocycles. The van der Waals surface area contributed by atoms with Gasteiger partial charge in [0.2, 0.25) is 0 Å². The van der Waals surface area contributed by atoms with E-state index in [0.29, 0.717) is 24.5 Å². The molecule has 0 aliphatic carbocycles. The summed E-state index contributed by atoms with van der Waals surface area (Å²) in [5.41, 5.74) is 0.809. The molecule has 0 atom stereocenters. The Labute approximate surface area is 162 Å². The Kier molecular flexibility index (Phi) is 6.01. The summed E-state index contributed by atoms with van der Waals surface area (Å²) in [6, 6.07) is 3.68. The fourth-order valence-corrected chi connectivity index (χ4v) is 3.26. The number of hydrogen-bond acceptors (Lipinski definition) is 5. The number of amides is 1. The molecular weight excluding hydrogens is 360 g/mol. The molecule has 0 saturated heterocycles. The Morgan fingerprint density at radius 2 is 1.89 bits per heavy atom. The third kappa shape index (κ3) is 5.52. The molecule has 150 valence electrons. The summed E-state index contributed by atoms with van der Waals surface area (Å²) in [6.07, 6.45) is 3.05. The molecule has 1 amide bonds. The minimum absolute atomic E-state index is 0.115. The summed E-state index contributed by atoms with van der Waals surface area (Å²) in [6.45, 7) is 17.4. The lowest BCUT2D eigenvalue weighted by Gasteiger charge is -2.37. The normalized spacial score (nSPS) is 13.0. The van der Waals surface area contributed by atoms with Gasteiger partial charge in [-0.05, 0) is 45.0 Å². The van der Waals surface area contributed by atoms with Crippen molar-refractivity contribution in [3.05, 3.63) is 24.7 Å². The van der Waals surface area contributed by atoms with E-state index < -0.39 is 20.0 Å². The van der Waals surface area contributed by atoms with Gasteiger partial charge >= 0.3 is 6.09 Å². The summed E-state index contributed by atoms with van der Waals surface area (Å²) >= 11 is 0. The smallest absolute Gasteiger partial charge is 0.414 e. The van der Waals surface area contributed by atoms with Crippen molar-refractivity contribution in [2.24, 2.45) is 0 Å². The molecule has 0 N–H and O–H groups in total. The molecule has 0 bridgehead atoms. The third-order valence-corrected chi connectivity index (χ3v) is 9.33. The molecule has 0 aliphatic heterocycles. The zero-order chi connectivity index (χ0) is 20.5. The van der Waals surface area contributed by atoms with Gasteiger partial charge in [-0.3, -0.25) is 9.30 Å². The minimum Gasteiger partial charge on any atom is -0.443 e. The summed E-state index contributed by atoms with van der Waals surface area (Å²) in [5, 5.41) is 8.06. The lowest BCUT2D eigenvalue weighted by molar-refractivity contribution is 0.0574. The number of aromatic nitrogens is 3. The second-order valence-corrected chi connectivity index (χ2v) is 14.0. The first-order chi connectivity index (χ1) is 12.3. The van der Waals surface area contributed by atoms with Gasteiger partial charge in [0.1, 0.15) is 11.9 Å². The van der Waals surface area contributed by atoms with E-state index in [1.54, 1.807) is 15.6 Å². The van der Waals surface area contributed by atoms with Crippen LogP contribution in [0.1, 0.15) is 41.5 Å². The highest BCUT2D eigenvalue weighted by molar-refractivity contribution is 6.74. The van der Waals surface area contributed by atoms with Crippen molar-refractivity contribution >= 4 is 25.7 Å². The molecular formula is C19H32N4O3Si. The van der Waals surface area contributed by atoms with Gasteiger partial charge in [0, 0.05) is 12.3 Å². The van der Waals surface area contributed by atoms with Gasteiger partial charge in [-0.2, -0.15) is 0 Å². The number of carbonyl (C=O) groups is 1. The molecule has 0 spiro atoms. The van der Waals surface area contributed by atoms with Crippen molar-refractivity contribution in [2.45, 2.75) is 65.3 Å². The first-order valence-electron chi connectivity index (χ1n) is 9.24. The maximum absolute atomic E-state index is 12.8. The van der Waals surface area contributed by atoms with Gasteiger partial charge in [-0.15, -0.1) is 10.2 Å². The van der Waals surface area contributed by atoms with Crippen LogP contribution in [0.5, 0.6) is 0 Å². The highest BCUT2D eigenvalue weighted by Crippen LogP contribution is 2.36. The van der Waals surface area contributed by atoms with Crippen LogP contribution in [0, 0.1) is 0 Å². The van der Waals surface area contributed by atoms with Gasteiger partial charge in [0.25, 0.3) is 0 Å². The van der Waals surface area contributed by atoms with Crippen molar-refractivity contribution < 1.29 is 14.0 Å². The number of nitrogens with zero attached hydrogens (tertiary/aromatic N) is 4. The topological polar surface area (TPSA) is 69.0 Å². The molecule has 0 fully saturated rings. The molecule has 27 heavy (non-hydrogen) atoms. The molecule has 0 unspecified atom stereocenters. The van der Waals surface area contributed by atoms with Gasteiger partial charge < -0.3 is 9.16 Å². The first kappa shape index (κ1) is 21.4. The Morgan fingerprint density at radius 3 is 2.48 bits per heavy atom. The van der Waals surface area contributed by atoms with Gasteiger partial charge in [0.15, 0.2) is 14.0 Å². The molecule has 2 aromatic heterocycles. The summed E-state index contributed by atoms with van der Waals surface area (Å²) in [7, 11) is -1.89. The number of fused-ring (bicyclic) bond motifs is 1. The van der Waals surface area contributed by atoms with E-state index >= 15 is 0 Å². The van der Waals surface area contributed by atoms with E-state index in [9.17, 15) is 4.79 Å². The van der Waals surface area contributed by atoms with E-state index in [2.05, 4.69) is 44.1 Å². The maximum Gasteiger partial charge on any atom is 0.414 e. The van der Waals surface area contributed by atoms with Crippen LogP contribution in [0.25, 0.3) is 5.65 Å². The summed E-state index contributed by atoms with van der Waals surface area (Å²) in [5.74, 6) is 0. The second kappa shape index (κ2) is 7.59. The van der Waals surface area contributed by atoms with Gasteiger partial charge in [0.05, 0.1) is 18.8 Å². The lowest BCUT2D eigenvalue weighted by Crippen LogP contribution is -2.44. The van der Waals surface area contributed by atoms with E-state index in [-0.39, 0.29) is 5.04 Å². The van der Waals surface area contributed by atoms with Gasteiger partial charge in [-0.25, -0.2) is 4.79 Å². The van der Waals surface area contributed by atoms with Crippen LogP contribution in [-0.2, 0) is 9.16 Å². The van der Waals surface area contributed by atoms with Gasteiger partial charge in [-0.1, -0.05) is 20.8 Å². The largest absolute Gasteiger partial charge is 0.443 e. The Morgan fingerprint density at radius 1 is 1.22 bits per heavy atom. The second-order valence-electron chi connectivity index (χ2n) is 9.22. The lowest BCUT2D eigenvalue weighted by atomic mass is 10.2. The number of anilines is 1. The van der Waals surface area contributed by atoms with E-state index in [4.69, 9.17) is 9.16 Å². The molecule has 8 heteroatoms. The SMILES string of the molecule is CC(C)(C)OC(=O)N(CCO[Si](C)(C)C(C)(C)C)c1ccn2cnnc2c1. The number of rotatable bonds is 5. The molecule has 2 heterocycles. The molecule has 2 rings (SSSR count). The quantitative estimate of drug-likeness (QED) is 0.701. The number of ether oxygens (including phenoxy) is 1. The molecule has 0 saturated carbocycles. The monoisotopic (exact) mass is 392 g/mol. The molecule has 7 nitrogen and oxygen atoms in total. The fraction of sp³-hybridized carbons (Fsp3) is 0.632. The van der Waals surface area contributed by atoms with Crippen molar-refractivity contribution in [2.75, 3.05) is 18.1 Å². The zero-order valence-electron chi connectivity index (χ0n) is 17.7. The van der Waals surface area contributed by atoms with Crippen molar-refractivity contribution in [3.63, 3.8) is 0 Å². The average Bonchev–Trinajstić information content (AvgIpc) is 2.96. The fourth-order valence-electron chi connectivity index (χ4n) is 2.23. The Bertz CT molecular complexity index is 790. The predicted octanol–water partition coefficient (Wildman–Crippen LogP) is 4.49. The average molecular weight is 393 g/mol. The standard InChI is InChI=1S/C19H32N4O3Si/c1-18(2,3)26-17(24)23(11-12-25-27(7,8)19(4,5)6)15-9-10-22-14-20-21-16(22)13-15/h9-10,13-14H,11-12H2,1-8H3. The third-order valence-electron chi connectivity index (χ3n) is 4.79. The Balaban J connectivity index is 2.20. The minimum atomic E-state index is -1.89. The Hall–Kier alpha value is -1.93. The van der Waals surface area contributed by atoms with Crippen molar-refractivity contribution in [1.29, 1.82) is 0 Å². The van der Waals surface area contributed by atoms with Crippen LogP contribution < -0.4 is 4.90 Å². The van der Waals surface area contributed by atoms with Crippen LogP contribution in [0.2, 0.25) is 18.1 Å². The highest BCUT2D eigenvalue weighted by atomic mass is 28.4. The van der Waals surface area contributed by atoms with E-state index in [1.807, 2.05) is 39.1 Å². The highest BCUT2D eigenvalue weighted by Gasteiger charge is 2.37. The number of pyridine rings is 1. The summed E-state index contributed by atoms with van der Waals surface area (Å²) in [4.78, 5) is 14.4. The number of hydrogen-bond donors (Lipinski definition) is 0. The van der Waals surface area contributed by atoms with Crippen LogP contribution in [0.3, 0.4) is 0 Å². The van der Waals surface area contributed by atoms with E-state index in [0.717, 1.165) is 0 Å². The van der Waals surface area contributed by atoms with Crippen LogP contribution in [-0.4, -0.2) is 47.8 Å². The first-order valence-corrected chi connectivity index (χ1v) is 12.1. The maximum atomic E-state index is 12.8. The van der Waals surface area contributed by atoms with Crippen LogP contribution in [0.15, 0.2) is 24.7 Å². The summed E-state index contributed by atoms with van der Waals surface area (Å²) < 4.78 is 13.6. The number of carbonyl (C=O) groups excluding carboxylic acids is 1. The van der Waals surface area contributed by atoms with Crippen LogP contribution >= 0.6 is 0 Å². The van der Waals surface area contributed by atoms with E-state index in [1.165, 1.54) is 0 Å². The zero-order valence-corrected chi connectivity index (χ0v) is 18.7.